The monoisotopic (exact) mass is 252 g/mol. The number of rotatable bonds is 4. The van der Waals surface area contributed by atoms with Crippen molar-refractivity contribution < 1.29 is 13.9 Å². The molecule has 0 heterocycles. The van der Waals surface area contributed by atoms with Gasteiger partial charge in [0.25, 0.3) is 5.91 Å². The van der Waals surface area contributed by atoms with Gasteiger partial charge in [0.05, 0.1) is 11.2 Å². The van der Waals surface area contributed by atoms with E-state index >= 15 is 0 Å². The molecule has 0 atom stereocenters. The number of hydrogen-bond donors (Lipinski definition) is 2. The van der Waals surface area contributed by atoms with Crippen LogP contribution in [0, 0.1) is 5.82 Å². The molecule has 1 saturated carbocycles. The summed E-state index contributed by atoms with van der Waals surface area (Å²) >= 11 is 0. The van der Waals surface area contributed by atoms with Crippen LogP contribution in [0.3, 0.4) is 0 Å². The van der Waals surface area contributed by atoms with Crippen LogP contribution >= 0.6 is 0 Å². The number of ether oxygens (including phenoxy) is 1. The number of nitrogens with one attached hydrogen (secondary N) is 1. The summed E-state index contributed by atoms with van der Waals surface area (Å²) in [5.41, 5.74) is 5.82. The fraction of sp³-hybridized carbons (Fsp3) is 0.462. The molecule has 0 unspecified atom stereocenters. The number of carbonyl (C=O) groups is 1. The molecule has 3 N–H and O–H groups in total. The third-order valence-corrected chi connectivity index (χ3v) is 3.53. The van der Waals surface area contributed by atoms with Gasteiger partial charge in [-0.25, -0.2) is 4.39 Å². The highest BCUT2D eigenvalue weighted by Crippen LogP contribution is 2.34. The van der Waals surface area contributed by atoms with E-state index in [4.69, 9.17) is 10.5 Å². The minimum atomic E-state index is -0.448. The number of nitrogens with two attached hydrogens (primary N) is 1. The highest BCUT2D eigenvalue weighted by Gasteiger charge is 2.37. The first kappa shape index (κ1) is 12.8. The molecule has 0 aromatic heterocycles. The number of anilines is 1. The molecule has 2 rings (SSSR count). The van der Waals surface area contributed by atoms with E-state index in [2.05, 4.69) is 5.32 Å². The van der Waals surface area contributed by atoms with Crippen LogP contribution in [-0.4, -0.2) is 25.2 Å². The van der Waals surface area contributed by atoms with Crippen LogP contribution in [0.2, 0.25) is 0 Å². The summed E-state index contributed by atoms with van der Waals surface area (Å²) in [6.45, 7) is 0.457. The van der Waals surface area contributed by atoms with Crippen LogP contribution in [0.15, 0.2) is 18.2 Å². The zero-order valence-corrected chi connectivity index (χ0v) is 10.3. The van der Waals surface area contributed by atoms with Crippen molar-refractivity contribution in [3.05, 3.63) is 29.6 Å². The Balaban J connectivity index is 1.99. The molecule has 1 aliphatic rings. The first-order chi connectivity index (χ1) is 8.56. The standard InChI is InChI=1S/C13H17FN2O2/c1-18-13(5-2-6-13)8-16-12(17)10-4-3-9(14)7-11(10)15/h3-4,7H,2,5-6,8,15H2,1H3,(H,16,17). The Labute approximate surface area is 105 Å². The molecule has 1 fully saturated rings. The maximum Gasteiger partial charge on any atom is 0.253 e. The SMILES string of the molecule is COC1(CNC(=O)c2ccc(F)cc2N)CCC1. The van der Waals surface area contributed by atoms with Crippen molar-refractivity contribution >= 4 is 11.6 Å². The first-order valence-corrected chi connectivity index (χ1v) is 5.95. The molecule has 0 aliphatic heterocycles. The molecule has 0 spiro atoms. The third-order valence-electron chi connectivity index (χ3n) is 3.53. The Bertz CT molecular complexity index is 453. The lowest BCUT2D eigenvalue weighted by Gasteiger charge is -2.40. The third kappa shape index (κ3) is 2.46. The maximum absolute atomic E-state index is 12.9. The quantitative estimate of drug-likeness (QED) is 0.802. The van der Waals surface area contributed by atoms with Gasteiger partial charge < -0.3 is 15.8 Å². The predicted octanol–water partition coefficient (Wildman–Crippen LogP) is 1.71. The number of benzene rings is 1. The van der Waals surface area contributed by atoms with Crippen LogP contribution in [0.5, 0.6) is 0 Å². The summed E-state index contributed by atoms with van der Waals surface area (Å²) in [6, 6.07) is 3.76. The summed E-state index contributed by atoms with van der Waals surface area (Å²) in [7, 11) is 1.65. The lowest BCUT2D eigenvalue weighted by molar-refractivity contribution is -0.0679. The highest BCUT2D eigenvalue weighted by atomic mass is 19.1. The van der Waals surface area contributed by atoms with Gasteiger partial charge in [0.1, 0.15) is 5.82 Å². The molecule has 0 bridgehead atoms. The molecular weight excluding hydrogens is 235 g/mol. The van der Waals surface area contributed by atoms with Crippen molar-refractivity contribution in [3.63, 3.8) is 0 Å². The highest BCUT2D eigenvalue weighted by molar-refractivity contribution is 5.99. The minimum Gasteiger partial charge on any atom is -0.398 e. The maximum atomic E-state index is 12.9. The summed E-state index contributed by atoms with van der Waals surface area (Å²) in [5.74, 6) is -0.743. The Kier molecular flexibility index (Phi) is 3.52. The van der Waals surface area contributed by atoms with Gasteiger partial charge in [-0.15, -0.1) is 0 Å². The molecule has 1 aliphatic carbocycles. The smallest absolute Gasteiger partial charge is 0.253 e. The Morgan fingerprint density at radius 3 is 2.78 bits per heavy atom. The van der Waals surface area contributed by atoms with E-state index in [1.807, 2.05) is 0 Å². The van der Waals surface area contributed by atoms with E-state index in [-0.39, 0.29) is 17.2 Å². The molecule has 98 valence electrons. The number of carbonyl (C=O) groups excluding carboxylic acids is 1. The van der Waals surface area contributed by atoms with E-state index in [1.54, 1.807) is 7.11 Å². The summed E-state index contributed by atoms with van der Waals surface area (Å²) in [5, 5.41) is 2.79. The molecule has 0 saturated heterocycles. The number of halogens is 1. The van der Waals surface area contributed by atoms with Crippen LogP contribution in [0.25, 0.3) is 0 Å². The van der Waals surface area contributed by atoms with Gasteiger partial charge in [0, 0.05) is 19.3 Å². The molecule has 0 radical (unpaired) electrons. The second kappa shape index (κ2) is 4.94. The second-order valence-electron chi connectivity index (χ2n) is 4.65. The van der Waals surface area contributed by atoms with Gasteiger partial charge in [-0.1, -0.05) is 0 Å². The zero-order valence-electron chi connectivity index (χ0n) is 10.3. The van der Waals surface area contributed by atoms with Crippen molar-refractivity contribution in [2.75, 3.05) is 19.4 Å². The first-order valence-electron chi connectivity index (χ1n) is 5.95. The molecule has 4 nitrogen and oxygen atoms in total. The largest absolute Gasteiger partial charge is 0.398 e. The minimum absolute atomic E-state index is 0.146. The lowest BCUT2D eigenvalue weighted by atomic mass is 9.80. The van der Waals surface area contributed by atoms with Gasteiger partial charge in [0.15, 0.2) is 0 Å². The van der Waals surface area contributed by atoms with Crippen LogP contribution in [0.1, 0.15) is 29.6 Å². The fourth-order valence-corrected chi connectivity index (χ4v) is 2.10. The van der Waals surface area contributed by atoms with Gasteiger partial charge >= 0.3 is 0 Å². The van der Waals surface area contributed by atoms with Crippen LogP contribution in [-0.2, 0) is 4.74 Å². The van der Waals surface area contributed by atoms with Crippen molar-refractivity contribution in [1.82, 2.24) is 5.32 Å². The predicted molar refractivity (Wildman–Crippen MR) is 66.7 cm³/mol. The normalized spacial score (nSPS) is 17.0. The van der Waals surface area contributed by atoms with E-state index in [0.717, 1.165) is 25.3 Å². The number of nitrogen functional groups attached to an aromatic ring is 1. The Hall–Kier alpha value is -1.62. The van der Waals surface area contributed by atoms with Crippen LogP contribution in [0.4, 0.5) is 10.1 Å². The van der Waals surface area contributed by atoms with Gasteiger partial charge in [-0.05, 0) is 37.5 Å². The van der Waals surface area contributed by atoms with Gasteiger partial charge in [-0.2, -0.15) is 0 Å². The Morgan fingerprint density at radius 1 is 1.56 bits per heavy atom. The number of hydrogen-bond acceptors (Lipinski definition) is 3. The topological polar surface area (TPSA) is 64.3 Å². The second-order valence-corrected chi connectivity index (χ2v) is 4.65. The summed E-state index contributed by atoms with van der Waals surface area (Å²) in [6.07, 6.45) is 3.01. The van der Waals surface area contributed by atoms with E-state index in [1.165, 1.54) is 12.1 Å². The fourth-order valence-electron chi connectivity index (χ4n) is 2.10. The molecule has 18 heavy (non-hydrogen) atoms. The van der Waals surface area contributed by atoms with Gasteiger partial charge in [-0.3, -0.25) is 4.79 Å². The molecule has 1 aromatic carbocycles. The number of methoxy groups -OCH3 is 1. The van der Waals surface area contributed by atoms with Crippen LogP contribution < -0.4 is 11.1 Å². The van der Waals surface area contributed by atoms with Crippen molar-refractivity contribution in [2.24, 2.45) is 0 Å². The average molecular weight is 252 g/mol. The summed E-state index contributed by atoms with van der Waals surface area (Å²) < 4.78 is 18.3. The molecule has 1 amide bonds. The summed E-state index contributed by atoms with van der Waals surface area (Å²) in [4.78, 5) is 11.9. The lowest BCUT2D eigenvalue weighted by Crippen LogP contribution is -2.49. The van der Waals surface area contributed by atoms with Crippen molar-refractivity contribution in [3.8, 4) is 0 Å². The Morgan fingerprint density at radius 2 is 2.28 bits per heavy atom. The van der Waals surface area contributed by atoms with E-state index in [9.17, 15) is 9.18 Å². The van der Waals surface area contributed by atoms with Gasteiger partial charge in [0.2, 0.25) is 0 Å². The van der Waals surface area contributed by atoms with Crippen molar-refractivity contribution in [2.45, 2.75) is 24.9 Å². The van der Waals surface area contributed by atoms with Crippen molar-refractivity contribution in [1.29, 1.82) is 0 Å². The molecule has 5 heteroatoms. The molecule has 1 aromatic rings. The van der Waals surface area contributed by atoms with E-state index in [0.29, 0.717) is 12.1 Å². The van der Waals surface area contributed by atoms with E-state index < -0.39 is 5.82 Å². The average Bonchev–Trinajstić information content (AvgIpc) is 2.27. The zero-order chi connectivity index (χ0) is 13.2. The number of amides is 1. The molecular formula is C13H17FN2O2.